The molecule has 0 saturated heterocycles. The van der Waals surface area contributed by atoms with E-state index in [0.29, 0.717) is 0 Å². The zero-order valence-corrected chi connectivity index (χ0v) is 4.40. The normalized spacial score (nSPS) is 3.25. The Morgan fingerprint density at radius 3 is 1.75 bits per heavy atom. The van der Waals surface area contributed by atoms with Gasteiger partial charge in [0.15, 0.2) is 0 Å². The van der Waals surface area contributed by atoms with Crippen molar-refractivity contribution in [2.45, 2.75) is 0 Å². The zero-order chi connectivity index (χ0) is 2.71. The molecule has 0 heterocycles. The Bertz CT molecular complexity index is 13.5. The molecule has 2 heteroatoms. The van der Waals surface area contributed by atoms with Crippen molar-refractivity contribution < 1.29 is 46.9 Å². The summed E-state index contributed by atoms with van der Waals surface area (Å²) in [6.45, 7) is 3.13. The van der Waals surface area contributed by atoms with Gasteiger partial charge in [0.05, 0.1) is 0 Å². The molecule has 0 aliphatic rings. The van der Waals surface area contributed by atoms with Gasteiger partial charge in [0.2, 0.25) is 0 Å². The summed E-state index contributed by atoms with van der Waals surface area (Å²) in [7, 11) is 0. The summed E-state index contributed by atoms with van der Waals surface area (Å²) >= 11 is 4.76. The van der Waals surface area contributed by atoms with E-state index in [4.69, 9.17) is 11.6 Å². The molecule has 0 aromatic rings. The summed E-state index contributed by atoms with van der Waals surface area (Å²) in [5, 5.41) is 0. The fraction of sp³-hybridized carbons (Fsp3) is 0. The van der Waals surface area contributed by atoms with E-state index >= 15 is 0 Å². The third-order valence-electron chi connectivity index (χ3n) is 0. The molecule has 0 aliphatic carbocycles. The standard InChI is InChI=1S/C2H3Cl.Yb/c1-2-3;/h2H,1H2;. The Kier molecular flexibility index (Phi) is 20.1. The Balaban J connectivity index is 0. The van der Waals surface area contributed by atoms with Gasteiger partial charge in [-0.25, -0.2) is 0 Å². The second-order valence-electron chi connectivity index (χ2n) is 0.154. The maximum Gasteiger partial charge on any atom is 0 e. The summed E-state index contributed by atoms with van der Waals surface area (Å²) in [4.78, 5) is 0. The third kappa shape index (κ3) is 9.61. The second kappa shape index (κ2) is 8.82. The summed E-state index contributed by atoms with van der Waals surface area (Å²) in [5.74, 6) is 0. The van der Waals surface area contributed by atoms with Gasteiger partial charge in [0.1, 0.15) is 0 Å². The minimum absolute atomic E-state index is 0. The second-order valence-corrected chi connectivity index (χ2v) is 0.463. The van der Waals surface area contributed by atoms with E-state index < -0.39 is 0 Å². The number of hydrogen-bond acceptors (Lipinski definition) is 0. The van der Waals surface area contributed by atoms with Crippen LogP contribution >= 0.6 is 11.6 Å². The maximum absolute atomic E-state index is 4.76. The summed E-state index contributed by atoms with van der Waals surface area (Å²) in [5.41, 5.74) is 1.22. The molecule has 0 spiro atoms. The first-order chi connectivity index (χ1) is 1.41. The summed E-state index contributed by atoms with van der Waals surface area (Å²) < 4.78 is 0. The molecule has 0 rings (SSSR count). The molecule has 0 aliphatic heterocycles. The van der Waals surface area contributed by atoms with E-state index in [2.05, 4.69) is 6.58 Å². The Morgan fingerprint density at radius 2 is 1.75 bits per heavy atom. The van der Waals surface area contributed by atoms with Crippen LogP contribution in [-0.2, 0) is 0 Å². The van der Waals surface area contributed by atoms with Gasteiger partial charge < -0.3 is 0 Å². The first-order valence-corrected chi connectivity index (χ1v) is 1.06. The van der Waals surface area contributed by atoms with E-state index in [1.807, 2.05) is 0 Å². The first kappa shape index (κ1) is 9.12. The molecular weight excluding hydrogens is 233 g/mol. The van der Waals surface area contributed by atoms with Crippen LogP contribution in [0.3, 0.4) is 0 Å². The predicted octanol–water partition coefficient (Wildman–Crippen LogP) is 1.37. The monoisotopic (exact) mass is 236 g/mol. The van der Waals surface area contributed by atoms with Gasteiger partial charge >= 0.3 is 0 Å². The van der Waals surface area contributed by atoms with Crippen molar-refractivity contribution in [3.8, 4) is 0 Å². The largest absolute Gasteiger partial charge is 0.0936 e. The van der Waals surface area contributed by atoms with Crippen LogP contribution in [0.25, 0.3) is 0 Å². The quantitative estimate of drug-likeness (QED) is 0.595. The van der Waals surface area contributed by atoms with Gasteiger partial charge in [-0.3, -0.25) is 0 Å². The van der Waals surface area contributed by atoms with Gasteiger partial charge in [-0.15, -0.1) is 0 Å². The average molecular weight is 236 g/mol. The van der Waals surface area contributed by atoms with Crippen LogP contribution in [0, 0.1) is 46.9 Å². The minimum Gasteiger partial charge on any atom is -0.0936 e. The van der Waals surface area contributed by atoms with Crippen molar-refractivity contribution in [3.63, 3.8) is 0 Å². The Hall–Kier alpha value is 1.55. The van der Waals surface area contributed by atoms with Crippen LogP contribution in [0.15, 0.2) is 12.1 Å². The smallest absolute Gasteiger partial charge is 0 e. The van der Waals surface area contributed by atoms with Gasteiger partial charge in [-0.05, 0) is 5.54 Å². The molecule has 0 N–H and O–H groups in total. The van der Waals surface area contributed by atoms with Crippen LogP contribution in [0.2, 0.25) is 0 Å². The summed E-state index contributed by atoms with van der Waals surface area (Å²) in [6, 6.07) is 0. The van der Waals surface area contributed by atoms with Gasteiger partial charge in [-0.2, -0.15) is 0 Å². The van der Waals surface area contributed by atoms with Crippen LogP contribution in [0.1, 0.15) is 0 Å². The minimum atomic E-state index is 0. The molecular formula is C2H3ClYb. The molecule has 0 atom stereocenters. The van der Waals surface area contributed by atoms with Crippen molar-refractivity contribution in [3.05, 3.63) is 12.1 Å². The number of hydrogen-bond donors (Lipinski definition) is 0. The van der Waals surface area contributed by atoms with Gasteiger partial charge in [-0.1, -0.05) is 18.2 Å². The zero-order valence-electron chi connectivity index (χ0n) is 1.93. The summed E-state index contributed by atoms with van der Waals surface area (Å²) in [6.07, 6.45) is 0. The number of rotatable bonds is 0. The predicted molar refractivity (Wildman–Crippen MR) is 16.1 cm³/mol. The van der Waals surface area contributed by atoms with Crippen molar-refractivity contribution in [2.75, 3.05) is 0 Å². The maximum atomic E-state index is 4.76. The fourth-order valence-electron chi connectivity index (χ4n) is 0. The molecule has 0 radical (unpaired) electrons. The van der Waals surface area contributed by atoms with Crippen molar-refractivity contribution >= 4 is 11.6 Å². The topological polar surface area (TPSA) is 0 Å². The molecule has 0 aromatic heterocycles. The van der Waals surface area contributed by atoms with Crippen LogP contribution in [-0.4, -0.2) is 0 Å². The van der Waals surface area contributed by atoms with E-state index in [9.17, 15) is 0 Å². The molecule has 0 saturated carbocycles. The third-order valence-corrected chi connectivity index (χ3v) is 0. The van der Waals surface area contributed by atoms with Crippen molar-refractivity contribution in [1.82, 2.24) is 0 Å². The number of halogens is 1. The molecule has 0 nitrogen and oxygen atoms in total. The first-order valence-electron chi connectivity index (χ1n) is 0.626. The fourth-order valence-corrected chi connectivity index (χ4v) is 0. The van der Waals surface area contributed by atoms with Crippen LogP contribution < -0.4 is 0 Å². The molecule has 0 amide bonds. The Morgan fingerprint density at radius 1 is 1.75 bits per heavy atom. The Labute approximate surface area is 69.5 Å². The van der Waals surface area contributed by atoms with Crippen LogP contribution in [0.5, 0.6) is 0 Å². The van der Waals surface area contributed by atoms with Crippen LogP contribution in [0.4, 0.5) is 0 Å². The van der Waals surface area contributed by atoms with E-state index in [1.54, 1.807) is 0 Å². The van der Waals surface area contributed by atoms with Gasteiger partial charge in [0.25, 0.3) is 0 Å². The van der Waals surface area contributed by atoms with E-state index in [1.165, 1.54) is 5.54 Å². The molecule has 0 bridgehead atoms. The molecule has 4 heavy (non-hydrogen) atoms. The van der Waals surface area contributed by atoms with Crippen molar-refractivity contribution in [1.29, 1.82) is 0 Å². The average Bonchev–Trinajstić information content (AvgIpc) is 0.918. The molecule has 0 aromatic carbocycles. The molecule has 0 unspecified atom stereocenters. The van der Waals surface area contributed by atoms with Gasteiger partial charge in [0, 0.05) is 46.9 Å². The SMILES string of the molecule is C=CCl.[Yb]. The molecule has 32 valence electrons. The van der Waals surface area contributed by atoms with E-state index in [0.717, 1.165) is 0 Å². The molecule has 0 fully saturated rings. The van der Waals surface area contributed by atoms with E-state index in [-0.39, 0.29) is 46.9 Å². The van der Waals surface area contributed by atoms with Crippen molar-refractivity contribution in [2.24, 2.45) is 0 Å².